The van der Waals surface area contributed by atoms with Crippen molar-refractivity contribution >= 4 is 23.2 Å². The van der Waals surface area contributed by atoms with Gasteiger partial charge in [0.1, 0.15) is 6.04 Å². The van der Waals surface area contributed by atoms with Gasteiger partial charge in [0.25, 0.3) is 0 Å². The van der Waals surface area contributed by atoms with Gasteiger partial charge in [-0.2, -0.15) is 0 Å². The molecule has 1 aromatic heterocycles. The maximum atomic E-state index is 12.1. The van der Waals surface area contributed by atoms with Crippen LogP contribution < -0.4 is 5.32 Å². The van der Waals surface area contributed by atoms with Crippen molar-refractivity contribution in [2.45, 2.75) is 40.3 Å². The number of piperazine rings is 1. The molecule has 104 valence electrons. The Bertz CT molecular complexity index is 488. The Kier molecular flexibility index (Phi) is 3.94. The van der Waals surface area contributed by atoms with Gasteiger partial charge in [-0.1, -0.05) is 13.8 Å². The van der Waals surface area contributed by atoms with E-state index in [1.54, 1.807) is 16.2 Å². The van der Waals surface area contributed by atoms with Gasteiger partial charge in [0.05, 0.1) is 13.1 Å². The van der Waals surface area contributed by atoms with Crippen LogP contribution in [0, 0.1) is 19.8 Å². The SMILES string of the molecule is Cc1cc(CN2C(=O)CNC(=O)C2C(C)C)sc1C. The van der Waals surface area contributed by atoms with E-state index >= 15 is 0 Å². The van der Waals surface area contributed by atoms with Gasteiger partial charge in [-0.25, -0.2) is 0 Å². The lowest BCUT2D eigenvalue weighted by Gasteiger charge is -2.36. The van der Waals surface area contributed by atoms with Gasteiger partial charge in [-0.15, -0.1) is 11.3 Å². The summed E-state index contributed by atoms with van der Waals surface area (Å²) < 4.78 is 0. The molecule has 2 rings (SSSR count). The Hall–Kier alpha value is -1.36. The normalized spacial score (nSPS) is 20.1. The largest absolute Gasteiger partial charge is 0.345 e. The maximum Gasteiger partial charge on any atom is 0.243 e. The first-order valence-electron chi connectivity index (χ1n) is 6.53. The van der Waals surface area contributed by atoms with E-state index in [0.717, 1.165) is 4.88 Å². The third kappa shape index (κ3) is 2.81. The molecule has 0 radical (unpaired) electrons. The van der Waals surface area contributed by atoms with Crippen LogP contribution in [-0.4, -0.2) is 29.3 Å². The number of carbonyl (C=O) groups is 2. The molecule has 1 aliphatic heterocycles. The summed E-state index contributed by atoms with van der Waals surface area (Å²) in [5, 5.41) is 2.67. The third-order valence-corrected chi connectivity index (χ3v) is 4.65. The Labute approximate surface area is 117 Å². The summed E-state index contributed by atoms with van der Waals surface area (Å²) in [7, 11) is 0. The van der Waals surface area contributed by atoms with Crippen LogP contribution >= 0.6 is 11.3 Å². The minimum atomic E-state index is -0.357. The average molecular weight is 280 g/mol. The van der Waals surface area contributed by atoms with E-state index in [-0.39, 0.29) is 30.3 Å². The van der Waals surface area contributed by atoms with Crippen molar-refractivity contribution in [1.82, 2.24) is 10.2 Å². The van der Waals surface area contributed by atoms with E-state index in [4.69, 9.17) is 0 Å². The molecule has 4 nitrogen and oxygen atoms in total. The molecule has 2 heterocycles. The Morgan fingerprint density at radius 2 is 2.11 bits per heavy atom. The van der Waals surface area contributed by atoms with E-state index in [2.05, 4.69) is 25.2 Å². The molecule has 0 bridgehead atoms. The second-order valence-electron chi connectivity index (χ2n) is 5.38. The van der Waals surface area contributed by atoms with Crippen molar-refractivity contribution in [2.75, 3.05) is 6.54 Å². The van der Waals surface area contributed by atoms with Crippen molar-refractivity contribution in [2.24, 2.45) is 5.92 Å². The number of thiophene rings is 1. The van der Waals surface area contributed by atoms with E-state index in [0.29, 0.717) is 6.54 Å². The standard InChI is InChI=1S/C14H20N2O2S/c1-8(2)13-14(18)15-6-12(17)16(13)7-11-5-9(3)10(4)19-11/h5,8,13H,6-7H2,1-4H3,(H,15,18). The fourth-order valence-electron chi connectivity index (χ4n) is 2.41. The van der Waals surface area contributed by atoms with Crippen LogP contribution in [0.15, 0.2) is 6.07 Å². The minimum Gasteiger partial charge on any atom is -0.345 e. The molecule has 1 aromatic rings. The number of aryl methyl sites for hydroxylation is 2. The number of hydrogen-bond donors (Lipinski definition) is 1. The van der Waals surface area contributed by atoms with Crippen molar-refractivity contribution in [3.05, 3.63) is 21.4 Å². The molecular weight excluding hydrogens is 260 g/mol. The van der Waals surface area contributed by atoms with Crippen LogP contribution in [0.5, 0.6) is 0 Å². The molecule has 1 N–H and O–H groups in total. The Balaban J connectivity index is 2.23. The second-order valence-corrected chi connectivity index (χ2v) is 6.72. The molecule has 0 saturated carbocycles. The van der Waals surface area contributed by atoms with Crippen LogP contribution in [0.25, 0.3) is 0 Å². The molecular formula is C14H20N2O2S. The lowest BCUT2D eigenvalue weighted by molar-refractivity contribution is -0.148. The summed E-state index contributed by atoms with van der Waals surface area (Å²) in [6, 6.07) is 1.75. The van der Waals surface area contributed by atoms with E-state index in [9.17, 15) is 9.59 Å². The molecule has 19 heavy (non-hydrogen) atoms. The molecule has 1 aliphatic rings. The first kappa shape index (κ1) is 14.1. The summed E-state index contributed by atoms with van der Waals surface area (Å²) in [5.41, 5.74) is 1.25. The first-order valence-corrected chi connectivity index (χ1v) is 7.35. The number of nitrogens with one attached hydrogen (secondary N) is 1. The van der Waals surface area contributed by atoms with Gasteiger partial charge in [0.15, 0.2) is 0 Å². The molecule has 1 saturated heterocycles. The number of hydrogen-bond acceptors (Lipinski definition) is 3. The first-order chi connectivity index (χ1) is 8.90. The molecule has 5 heteroatoms. The van der Waals surface area contributed by atoms with Crippen molar-refractivity contribution in [3.8, 4) is 0 Å². The Morgan fingerprint density at radius 1 is 1.42 bits per heavy atom. The van der Waals surface area contributed by atoms with Gasteiger partial charge in [-0.3, -0.25) is 9.59 Å². The van der Waals surface area contributed by atoms with Crippen LogP contribution in [0.3, 0.4) is 0 Å². The van der Waals surface area contributed by atoms with E-state index < -0.39 is 0 Å². The van der Waals surface area contributed by atoms with Gasteiger partial charge >= 0.3 is 0 Å². The summed E-state index contributed by atoms with van der Waals surface area (Å²) in [6.07, 6.45) is 0. The quantitative estimate of drug-likeness (QED) is 0.918. The highest BCUT2D eigenvalue weighted by atomic mass is 32.1. The fourth-order valence-corrected chi connectivity index (χ4v) is 3.46. The maximum absolute atomic E-state index is 12.1. The van der Waals surface area contributed by atoms with Crippen LogP contribution in [0.4, 0.5) is 0 Å². The highest BCUT2D eigenvalue weighted by molar-refractivity contribution is 7.12. The predicted molar refractivity (Wildman–Crippen MR) is 76.0 cm³/mol. The van der Waals surface area contributed by atoms with Gasteiger partial charge in [0.2, 0.25) is 11.8 Å². The third-order valence-electron chi connectivity index (χ3n) is 3.51. The molecule has 1 atom stereocenters. The molecule has 0 aliphatic carbocycles. The molecule has 0 aromatic carbocycles. The smallest absolute Gasteiger partial charge is 0.243 e. The van der Waals surface area contributed by atoms with Gasteiger partial charge in [-0.05, 0) is 31.4 Å². The van der Waals surface area contributed by atoms with Crippen molar-refractivity contribution < 1.29 is 9.59 Å². The summed E-state index contributed by atoms with van der Waals surface area (Å²) in [4.78, 5) is 28.1. The van der Waals surface area contributed by atoms with Crippen molar-refractivity contribution in [1.29, 1.82) is 0 Å². The summed E-state index contributed by atoms with van der Waals surface area (Å²) >= 11 is 1.70. The predicted octanol–water partition coefficient (Wildman–Crippen LogP) is 1.85. The second kappa shape index (κ2) is 5.33. The number of carbonyl (C=O) groups excluding carboxylic acids is 2. The average Bonchev–Trinajstić information content (AvgIpc) is 2.63. The molecule has 1 unspecified atom stereocenters. The van der Waals surface area contributed by atoms with Crippen LogP contribution in [0.2, 0.25) is 0 Å². The van der Waals surface area contributed by atoms with Gasteiger partial charge < -0.3 is 10.2 Å². The lowest BCUT2D eigenvalue weighted by Crippen LogP contribution is -2.59. The zero-order chi connectivity index (χ0) is 14.2. The highest BCUT2D eigenvalue weighted by Gasteiger charge is 2.36. The summed E-state index contributed by atoms with van der Waals surface area (Å²) in [6.45, 7) is 8.75. The van der Waals surface area contributed by atoms with E-state index in [1.807, 2.05) is 13.8 Å². The lowest BCUT2D eigenvalue weighted by atomic mass is 9.99. The Morgan fingerprint density at radius 3 is 2.63 bits per heavy atom. The van der Waals surface area contributed by atoms with Crippen LogP contribution in [-0.2, 0) is 16.1 Å². The monoisotopic (exact) mass is 280 g/mol. The van der Waals surface area contributed by atoms with Crippen molar-refractivity contribution in [3.63, 3.8) is 0 Å². The van der Waals surface area contributed by atoms with E-state index in [1.165, 1.54) is 10.4 Å². The number of amides is 2. The van der Waals surface area contributed by atoms with Gasteiger partial charge in [0, 0.05) is 9.75 Å². The zero-order valence-electron chi connectivity index (χ0n) is 11.8. The molecule has 1 fully saturated rings. The topological polar surface area (TPSA) is 49.4 Å². The summed E-state index contributed by atoms with van der Waals surface area (Å²) in [5.74, 6) is 0.0769. The zero-order valence-corrected chi connectivity index (χ0v) is 12.6. The fraction of sp³-hybridized carbons (Fsp3) is 0.571. The minimum absolute atomic E-state index is 0.00186. The number of nitrogens with zero attached hydrogens (tertiary/aromatic N) is 1. The highest BCUT2D eigenvalue weighted by Crippen LogP contribution is 2.25. The molecule has 0 spiro atoms. The number of rotatable bonds is 3. The molecule has 2 amide bonds. The van der Waals surface area contributed by atoms with Crippen LogP contribution in [0.1, 0.15) is 29.2 Å².